The van der Waals surface area contributed by atoms with Crippen molar-refractivity contribution in [2.75, 3.05) is 6.73 Å². The van der Waals surface area contributed by atoms with E-state index in [4.69, 9.17) is 14.7 Å². The zero-order chi connectivity index (χ0) is 15.2. The number of carbonyl (C=O) groups is 3. The highest BCUT2D eigenvalue weighted by molar-refractivity contribution is 5.83. The van der Waals surface area contributed by atoms with E-state index in [-0.39, 0.29) is 13.3 Å². The average Bonchev–Trinajstić information content (AvgIpc) is 2.79. The number of carboxylic acids is 1. The van der Waals surface area contributed by atoms with Crippen LogP contribution in [0.4, 0.5) is 4.79 Å². The molecule has 0 spiro atoms. The van der Waals surface area contributed by atoms with Gasteiger partial charge < -0.3 is 19.4 Å². The Bertz CT molecular complexity index is 531. The Morgan fingerprint density at radius 2 is 2.05 bits per heavy atom. The monoisotopic (exact) mass is 295 g/mol. The van der Waals surface area contributed by atoms with Crippen LogP contribution in [0.2, 0.25) is 0 Å². The smallest absolute Gasteiger partial charge is 0.481 e. The summed E-state index contributed by atoms with van der Waals surface area (Å²) in [7, 11) is 0. The first kappa shape index (κ1) is 14.8. The van der Waals surface area contributed by atoms with Crippen LogP contribution in [0.15, 0.2) is 30.3 Å². The fraction of sp³-hybridized carbons (Fsp3) is 0.308. The van der Waals surface area contributed by atoms with Crippen molar-refractivity contribution in [1.29, 1.82) is 0 Å². The van der Waals surface area contributed by atoms with Crippen molar-refractivity contribution in [3.05, 3.63) is 35.9 Å². The van der Waals surface area contributed by atoms with Crippen LogP contribution in [-0.2, 0) is 30.5 Å². The third-order valence-electron chi connectivity index (χ3n) is 2.71. The van der Waals surface area contributed by atoms with Crippen molar-refractivity contribution in [1.82, 2.24) is 5.06 Å². The molecule has 0 aliphatic carbocycles. The Balaban J connectivity index is 1.84. The van der Waals surface area contributed by atoms with Gasteiger partial charge in [0.1, 0.15) is 6.61 Å². The molecule has 0 amide bonds. The van der Waals surface area contributed by atoms with Crippen LogP contribution in [0.25, 0.3) is 0 Å². The number of cyclic esters (lactones) is 1. The summed E-state index contributed by atoms with van der Waals surface area (Å²) in [6.07, 6.45) is -1.56. The number of nitrogens with zero attached hydrogens (tertiary/aromatic N) is 1. The maximum Gasteiger partial charge on any atom is 0.528 e. The summed E-state index contributed by atoms with van der Waals surface area (Å²) in [6.45, 7) is -0.316. The number of carboxylic acid groups (broad SMARTS) is 1. The molecule has 1 aliphatic heterocycles. The lowest BCUT2D eigenvalue weighted by Crippen LogP contribution is -2.37. The predicted molar refractivity (Wildman–Crippen MR) is 66.6 cm³/mol. The molecule has 0 unspecified atom stereocenters. The van der Waals surface area contributed by atoms with Gasteiger partial charge in [0.2, 0.25) is 0 Å². The lowest BCUT2D eigenvalue weighted by molar-refractivity contribution is -0.161. The summed E-state index contributed by atoms with van der Waals surface area (Å²) in [6, 6.07) is 7.78. The number of ether oxygens (including phenoxy) is 2. The second kappa shape index (κ2) is 6.71. The van der Waals surface area contributed by atoms with Crippen molar-refractivity contribution < 1.29 is 33.8 Å². The van der Waals surface area contributed by atoms with E-state index in [2.05, 4.69) is 4.74 Å². The molecule has 1 saturated heterocycles. The maximum atomic E-state index is 11.5. The van der Waals surface area contributed by atoms with Crippen LogP contribution in [0, 0.1) is 0 Å². The van der Waals surface area contributed by atoms with Crippen molar-refractivity contribution >= 4 is 18.1 Å². The number of hydrogen-bond acceptors (Lipinski definition) is 7. The van der Waals surface area contributed by atoms with Crippen LogP contribution >= 0.6 is 0 Å². The van der Waals surface area contributed by atoms with Crippen LogP contribution in [0.3, 0.4) is 0 Å². The molecule has 1 heterocycles. The molecule has 1 fully saturated rings. The summed E-state index contributed by atoms with van der Waals surface area (Å²) in [5, 5.41) is 9.54. The summed E-state index contributed by atoms with van der Waals surface area (Å²) < 4.78 is 9.49. The lowest BCUT2D eigenvalue weighted by Gasteiger charge is -2.16. The molecule has 0 aromatic heterocycles. The molecule has 112 valence electrons. The molecule has 1 aromatic rings. The first-order chi connectivity index (χ1) is 10.1. The zero-order valence-electron chi connectivity index (χ0n) is 10.9. The minimum atomic E-state index is -1.20. The van der Waals surface area contributed by atoms with Gasteiger partial charge in [-0.3, -0.25) is 9.59 Å². The molecule has 1 aliphatic rings. The van der Waals surface area contributed by atoms with Gasteiger partial charge in [0.05, 0.1) is 6.42 Å². The van der Waals surface area contributed by atoms with Gasteiger partial charge in [-0.2, -0.15) is 0 Å². The molecule has 2 rings (SSSR count). The second-order valence-corrected chi connectivity index (χ2v) is 4.24. The summed E-state index contributed by atoms with van der Waals surface area (Å²) in [5.74, 6) is -1.96. The summed E-state index contributed by atoms with van der Waals surface area (Å²) >= 11 is 0. The van der Waals surface area contributed by atoms with Gasteiger partial charge in [-0.25, -0.2) is 4.79 Å². The minimum Gasteiger partial charge on any atom is -0.481 e. The second-order valence-electron chi connectivity index (χ2n) is 4.24. The van der Waals surface area contributed by atoms with E-state index in [0.717, 1.165) is 10.6 Å². The number of carbonyl (C=O) groups excluding carboxylic acids is 2. The Labute approximate surface area is 119 Å². The number of aliphatic carboxylic acids is 1. The Kier molecular flexibility index (Phi) is 4.72. The third-order valence-corrected chi connectivity index (χ3v) is 2.71. The van der Waals surface area contributed by atoms with E-state index in [9.17, 15) is 14.4 Å². The highest BCUT2D eigenvalue weighted by atomic mass is 16.8. The van der Waals surface area contributed by atoms with Gasteiger partial charge in [-0.15, -0.1) is 0 Å². The van der Waals surface area contributed by atoms with Crippen LogP contribution in [0.1, 0.15) is 12.0 Å². The number of hydroxylamine groups is 2. The maximum absolute atomic E-state index is 11.5. The van der Waals surface area contributed by atoms with E-state index < -0.39 is 30.6 Å². The predicted octanol–water partition coefficient (Wildman–Crippen LogP) is 0.914. The summed E-state index contributed by atoms with van der Waals surface area (Å²) in [4.78, 5) is 38.2. The van der Waals surface area contributed by atoms with E-state index in [1.54, 1.807) is 24.3 Å². The first-order valence-electron chi connectivity index (χ1n) is 6.10. The van der Waals surface area contributed by atoms with Crippen molar-refractivity contribution in [3.8, 4) is 0 Å². The van der Waals surface area contributed by atoms with Gasteiger partial charge >= 0.3 is 18.1 Å². The van der Waals surface area contributed by atoms with Gasteiger partial charge in [-0.1, -0.05) is 35.4 Å². The highest BCUT2D eigenvalue weighted by Gasteiger charge is 2.39. The molecular weight excluding hydrogens is 282 g/mol. The number of benzene rings is 1. The fourth-order valence-electron chi connectivity index (χ4n) is 1.71. The van der Waals surface area contributed by atoms with Crippen molar-refractivity contribution in [3.63, 3.8) is 0 Å². The number of esters is 1. The fourth-order valence-corrected chi connectivity index (χ4v) is 1.71. The standard InChI is InChI=1S/C13H13NO7/c15-11(16)6-10-12(17)20-8-14(10)21-13(18)19-7-9-4-2-1-3-5-9/h1-5,10H,6-8H2,(H,15,16)/t10-/m0/s1. The Morgan fingerprint density at radius 1 is 1.33 bits per heavy atom. The molecule has 1 aromatic carbocycles. The molecule has 0 radical (unpaired) electrons. The molecular formula is C13H13NO7. The van der Waals surface area contributed by atoms with E-state index in [0.29, 0.717) is 0 Å². The quantitative estimate of drug-likeness (QED) is 0.800. The zero-order valence-corrected chi connectivity index (χ0v) is 10.9. The minimum absolute atomic E-state index is 0.00587. The van der Waals surface area contributed by atoms with E-state index >= 15 is 0 Å². The van der Waals surface area contributed by atoms with Crippen LogP contribution in [-0.4, -0.2) is 41.0 Å². The SMILES string of the molecule is O=C(O)C[C@H]1C(=O)OCN1OC(=O)OCc1ccccc1. The highest BCUT2D eigenvalue weighted by Crippen LogP contribution is 2.16. The lowest BCUT2D eigenvalue weighted by atomic mass is 10.2. The first-order valence-corrected chi connectivity index (χ1v) is 6.10. The van der Waals surface area contributed by atoms with E-state index in [1.807, 2.05) is 6.07 Å². The molecule has 0 saturated carbocycles. The number of rotatable bonds is 5. The van der Waals surface area contributed by atoms with Gasteiger partial charge in [0, 0.05) is 0 Å². The Morgan fingerprint density at radius 3 is 2.71 bits per heavy atom. The topological polar surface area (TPSA) is 102 Å². The number of hydrogen-bond donors (Lipinski definition) is 1. The third kappa shape index (κ3) is 4.18. The molecule has 21 heavy (non-hydrogen) atoms. The van der Waals surface area contributed by atoms with Crippen LogP contribution < -0.4 is 0 Å². The molecule has 0 bridgehead atoms. The van der Waals surface area contributed by atoms with Crippen molar-refractivity contribution in [2.45, 2.75) is 19.1 Å². The largest absolute Gasteiger partial charge is 0.528 e. The average molecular weight is 295 g/mol. The normalized spacial score (nSPS) is 18.1. The molecule has 8 nitrogen and oxygen atoms in total. The molecule has 8 heteroatoms. The molecule has 1 atom stereocenters. The van der Waals surface area contributed by atoms with Gasteiger partial charge in [0.25, 0.3) is 0 Å². The Hall–Kier alpha value is -2.61. The van der Waals surface area contributed by atoms with Crippen molar-refractivity contribution in [2.24, 2.45) is 0 Å². The van der Waals surface area contributed by atoms with Crippen LogP contribution in [0.5, 0.6) is 0 Å². The van der Waals surface area contributed by atoms with E-state index in [1.165, 1.54) is 0 Å². The van der Waals surface area contributed by atoms with Gasteiger partial charge in [-0.05, 0) is 5.56 Å². The van der Waals surface area contributed by atoms with Gasteiger partial charge in [0.15, 0.2) is 12.8 Å². The summed E-state index contributed by atoms with van der Waals surface area (Å²) in [5.41, 5.74) is 0.769. The molecule has 1 N–H and O–H groups in total.